The van der Waals surface area contributed by atoms with Crippen molar-refractivity contribution in [3.05, 3.63) is 44.3 Å². The van der Waals surface area contributed by atoms with Crippen molar-refractivity contribution in [3.63, 3.8) is 0 Å². The lowest BCUT2D eigenvalue weighted by molar-refractivity contribution is 0.0724. The summed E-state index contributed by atoms with van der Waals surface area (Å²) in [6.45, 7) is 9.22. The van der Waals surface area contributed by atoms with E-state index in [-0.39, 0.29) is 22.9 Å². The molecule has 7 heteroatoms. The maximum atomic E-state index is 12.8. The number of hydrogen-bond donors (Lipinski definition) is 0. The lowest BCUT2D eigenvalue weighted by Crippen LogP contribution is -2.41. The average Bonchev–Trinajstić information content (AvgIpc) is 3.16. The van der Waals surface area contributed by atoms with Crippen molar-refractivity contribution in [2.24, 2.45) is 0 Å². The van der Waals surface area contributed by atoms with E-state index in [9.17, 15) is 9.59 Å². The molecule has 1 atom stereocenters. The number of likely N-dealkylation sites (tertiary alicyclic amines) is 1. The molecule has 25 heavy (non-hydrogen) atoms. The molecular weight excluding hydrogens is 336 g/mol. The summed E-state index contributed by atoms with van der Waals surface area (Å²) in [5.74, 6) is 0.0162. The Morgan fingerprint density at radius 2 is 2.12 bits per heavy atom. The lowest BCUT2D eigenvalue weighted by atomic mass is 9.92. The summed E-state index contributed by atoms with van der Waals surface area (Å²) >= 11 is 1.38. The van der Waals surface area contributed by atoms with Crippen LogP contribution in [-0.2, 0) is 12.0 Å². The summed E-state index contributed by atoms with van der Waals surface area (Å²) in [6.07, 6.45) is 1.83. The first-order valence-corrected chi connectivity index (χ1v) is 9.45. The van der Waals surface area contributed by atoms with Gasteiger partial charge in [0.05, 0.1) is 29.5 Å². The van der Waals surface area contributed by atoms with Gasteiger partial charge in [-0.25, -0.2) is 9.67 Å². The molecule has 1 aliphatic rings. The van der Waals surface area contributed by atoms with Gasteiger partial charge in [-0.1, -0.05) is 20.8 Å². The second kappa shape index (κ2) is 6.71. The molecule has 0 saturated carbocycles. The van der Waals surface area contributed by atoms with Crippen molar-refractivity contribution >= 4 is 17.2 Å². The zero-order chi connectivity index (χ0) is 18.2. The molecule has 1 fully saturated rings. The van der Waals surface area contributed by atoms with Gasteiger partial charge in [-0.15, -0.1) is 11.3 Å². The molecule has 0 aliphatic carbocycles. The highest BCUT2D eigenvalue weighted by molar-refractivity contribution is 7.11. The fraction of sp³-hybridized carbons (Fsp3) is 0.556. The van der Waals surface area contributed by atoms with Crippen LogP contribution in [-0.4, -0.2) is 38.2 Å². The van der Waals surface area contributed by atoms with E-state index in [1.54, 1.807) is 17.6 Å². The molecule has 3 heterocycles. The van der Waals surface area contributed by atoms with Crippen molar-refractivity contribution in [1.29, 1.82) is 0 Å². The van der Waals surface area contributed by atoms with Gasteiger partial charge in [0.15, 0.2) is 0 Å². The first-order chi connectivity index (χ1) is 11.8. The van der Waals surface area contributed by atoms with Crippen LogP contribution in [0, 0.1) is 6.92 Å². The number of aromatic nitrogens is 3. The smallest absolute Gasteiger partial charge is 0.266 e. The standard InChI is InChI=1S/C18H24N4O2S/c1-12-16(25-11-19-12)17(24)21-9-5-6-13(21)10-22-15(23)8-7-14(20-22)18(2,3)4/h7-8,11,13H,5-6,9-10H2,1-4H3. The molecule has 0 bridgehead atoms. The number of aryl methyl sites for hydroxylation is 1. The van der Waals surface area contributed by atoms with Gasteiger partial charge in [0.1, 0.15) is 4.88 Å². The van der Waals surface area contributed by atoms with E-state index < -0.39 is 0 Å². The number of rotatable bonds is 3. The first-order valence-electron chi connectivity index (χ1n) is 8.57. The lowest BCUT2D eigenvalue weighted by Gasteiger charge is -2.25. The molecule has 6 nitrogen and oxygen atoms in total. The Morgan fingerprint density at radius 3 is 2.76 bits per heavy atom. The maximum absolute atomic E-state index is 12.8. The van der Waals surface area contributed by atoms with Crippen LogP contribution in [0.5, 0.6) is 0 Å². The van der Waals surface area contributed by atoms with Crippen molar-refractivity contribution in [1.82, 2.24) is 19.7 Å². The fourth-order valence-corrected chi connectivity index (χ4v) is 3.87. The third-order valence-corrected chi connectivity index (χ3v) is 5.51. The van der Waals surface area contributed by atoms with Crippen molar-refractivity contribution < 1.29 is 4.79 Å². The van der Waals surface area contributed by atoms with E-state index in [0.717, 1.165) is 24.2 Å². The molecule has 1 amide bonds. The van der Waals surface area contributed by atoms with Gasteiger partial charge in [0.2, 0.25) is 0 Å². The molecule has 134 valence electrons. The molecule has 0 aromatic carbocycles. The van der Waals surface area contributed by atoms with Crippen LogP contribution in [0.1, 0.15) is 54.7 Å². The molecule has 0 N–H and O–H groups in total. The number of carbonyl (C=O) groups excluding carboxylic acids is 1. The minimum Gasteiger partial charge on any atom is -0.333 e. The average molecular weight is 360 g/mol. The third-order valence-electron chi connectivity index (χ3n) is 4.60. The number of carbonyl (C=O) groups is 1. The summed E-state index contributed by atoms with van der Waals surface area (Å²) in [4.78, 5) is 31.8. The summed E-state index contributed by atoms with van der Waals surface area (Å²) < 4.78 is 1.51. The van der Waals surface area contributed by atoms with E-state index in [1.807, 2.05) is 11.8 Å². The zero-order valence-corrected chi connectivity index (χ0v) is 16.0. The second-order valence-corrected chi connectivity index (χ2v) is 8.41. The Kier molecular flexibility index (Phi) is 4.77. The highest BCUT2D eigenvalue weighted by Gasteiger charge is 2.32. The van der Waals surface area contributed by atoms with E-state index in [2.05, 4.69) is 30.9 Å². The molecule has 1 unspecified atom stereocenters. The number of hydrogen-bond acceptors (Lipinski definition) is 5. The summed E-state index contributed by atoms with van der Waals surface area (Å²) in [5, 5.41) is 4.54. The predicted molar refractivity (Wildman–Crippen MR) is 98.1 cm³/mol. The molecule has 1 aliphatic heterocycles. The molecule has 1 saturated heterocycles. The van der Waals surface area contributed by atoms with E-state index in [1.165, 1.54) is 16.0 Å². The molecule has 2 aromatic heterocycles. The Labute approximate surface area is 151 Å². The van der Waals surface area contributed by atoms with Crippen molar-refractivity contribution in [3.8, 4) is 0 Å². The van der Waals surface area contributed by atoms with E-state index in [4.69, 9.17) is 0 Å². The van der Waals surface area contributed by atoms with Gasteiger partial charge in [-0.05, 0) is 25.8 Å². The highest BCUT2D eigenvalue weighted by atomic mass is 32.1. The topological polar surface area (TPSA) is 68.1 Å². The SMILES string of the molecule is Cc1ncsc1C(=O)N1CCCC1Cn1nc(C(C)(C)C)ccc1=O. The fourth-order valence-electron chi connectivity index (χ4n) is 3.11. The van der Waals surface area contributed by atoms with Gasteiger partial charge in [0.25, 0.3) is 11.5 Å². The van der Waals surface area contributed by atoms with Gasteiger partial charge >= 0.3 is 0 Å². The molecule has 0 spiro atoms. The second-order valence-electron chi connectivity index (χ2n) is 7.55. The maximum Gasteiger partial charge on any atom is 0.266 e. The summed E-state index contributed by atoms with van der Waals surface area (Å²) in [6, 6.07) is 3.36. The summed E-state index contributed by atoms with van der Waals surface area (Å²) in [7, 11) is 0. The van der Waals surface area contributed by atoms with E-state index in [0.29, 0.717) is 18.0 Å². The van der Waals surface area contributed by atoms with Crippen LogP contribution < -0.4 is 5.56 Å². The highest BCUT2D eigenvalue weighted by Crippen LogP contribution is 2.24. The molecule has 3 rings (SSSR count). The van der Waals surface area contributed by atoms with Crippen molar-refractivity contribution in [2.75, 3.05) is 6.54 Å². The Hall–Kier alpha value is -2.02. The van der Waals surface area contributed by atoms with Crippen LogP contribution in [0.2, 0.25) is 0 Å². The van der Waals surface area contributed by atoms with Gasteiger partial charge in [0, 0.05) is 18.0 Å². The Bertz CT molecular complexity index is 834. The van der Waals surface area contributed by atoms with Gasteiger partial charge in [-0.2, -0.15) is 5.10 Å². The Morgan fingerprint density at radius 1 is 1.36 bits per heavy atom. The van der Waals surface area contributed by atoms with Crippen LogP contribution in [0.4, 0.5) is 0 Å². The molecule has 0 radical (unpaired) electrons. The Balaban J connectivity index is 1.84. The van der Waals surface area contributed by atoms with Crippen LogP contribution in [0.3, 0.4) is 0 Å². The molecular formula is C18H24N4O2S. The monoisotopic (exact) mass is 360 g/mol. The number of nitrogens with zero attached hydrogens (tertiary/aromatic N) is 4. The van der Waals surface area contributed by atoms with E-state index >= 15 is 0 Å². The van der Waals surface area contributed by atoms with Gasteiger partial charge < -0.3 is 4.90 Å². The predicted octanol–water partition coefficient (Wildman–Crippen LogP) is 2.61. The largest absolute Gasteiger partial charge is 0.333 e. The van der Waals surface area contributed by atoms with Crippen LogP contribution in [0.15, 0.2) is 22.4 Å². The number of amides is 1. The number of thiazole rings is 1. The normalized spacial score (nSPS) is 17.9. The molecule has 2 aromatic rings. The van der Waals surface area contributed by atoms with Gasteiger partial charge in [-0.3, -0.25) is 9.59 Å². The quantitative estimate of drug-likeness (QED) is 0.844. The first kappa shape index (κ1) is 17.8. The van der Waals surface area contributed by atoms with Crippen LogP contribution in [0.25, 0.3) is 0 Å². The minimum atomic E-state index is -0.125. The third kappa shape index (κ3) is 3.66. The van der Waals surface area contributed by atoms with Crippen LogP contribution >= 0.6 is 11.3 Å². The zero-order valence-electron chi connectivity index (χ0n) is 15.2. The van der Waals surface area contributed by atoms with Crippen molar-refractivity contribution in [2.45, 2.75) is 58.5 Å². The summed E-state index contributed by atoms with van der Waals surface area (Å²) in [5.41, 5.74) is 3.10. The minimum absolute atomic E-state index is 0.00517.